The fourth-order valence-electron chi connectivity index (χ4n) is 2.40. The summed E-state index contributed by atoms with van der Waals surface area (Å²) < 4.78 is 3.09. The van der Waals surface area contributed by atoms with Crippen LogP contribution in [0.2, 0.25) is 0 Å². The van der Waals surface area contributed by atoms with Crippen molar-refractivity contribution >= 4 is 34.6 Å². The summed E-state index contributed by atoms with van der Waals surface area (Å²) >= 11 is 0. The Hall–Kier alpha value is -2.96. The third-order valence-corrected chi connectivity index (χ3v) is 3.33. The highest BCUT2D eigenvalue weighted by Gasteiger charge is 2.29. The minimum atomic E-state index is -0.963. The van der Waals surface area contributed by atoms with E-state index in [1.54, 1.807) is 23.9 Å². The molecule has 0 aliphatic carbocycles. The zero-order chi connectivity index (χ0) is 17.3. The lowest BCUT2D eigenvalue weighted by Crippen LogP contribution is -2.47. The number of hydrogen-bond donors (Lipinski definition) is 6. The van der Waals surface area contributed by atoms with Crippen LogP contribution in [0.4, 0.5) is 21.1 Å². The summed E-state index contributed by atoms with van der Waals surface area (Å²) in [7, 11) is 1.57. The molecule has 0 spiro atoms. The third-order valence-electron chi connectivity index (χ3n) is 3.33. The van der Waals surface area contributed by atoms with Crippen molar-refractivity contribution in [2.75, 3.05) is 29.1 Å². The van der Waals surface area contributed by atoms with Gasteiger partial charge in [-0.3, -0.25) is 0 Å². The number of aliphatic hydroxyl groups excluding tert-OH is 1. The number of fused-ring (bicyclic) bond motifs is 1. The fraction of sp³-hybridized carbons (Fsp3) is 0.273. The number of carbonyl (C=O) groups is 2. The minimum Gasteiger partial charge on any atom is -0.395 e. The van der Waals surface area contributed by atoms with Gasteiger partial charge in [0.05, 0.1) is 6.61 Å². The van der Waals surface area contributed by atoms with E-state index in [-0.39, 0.29) is 24.7 Å². The molecule has 126 valence electrons. The number of rotatable bonds is 5. The number of hydrogen-bond acceptors (Lipinski definition) is 6. The van der Waals surface area contributed by atoms with Crippen LogP contribution in [0.15, 0.2) is 12.3 Å². The molecule has 0 unspecified atom stereocenters. The molecule has 2 rings (SSSR count). The van der Waals surface area contributed by atoms with Crippen LogP contribution in [0.1, 0.15) is 0 Å². The molecule has 23 heavy (non-hydrogen) atoms. The maximum atomic E-state index is 11.5. The largest absolute Gasteiger partial charge is 0.395 e. The van der Waals surface area contributed by atoms with Gasteiger partial charge in [-0.25, -0.2) is 36.0 Å². The summed E-state index contributed by atoms with van der Waals surface area (Å²) in [6.07, 6.45) is 1.68. The van der Waals surface area contributed by atoms with Crippen LogP contribution in [0, 0.1) is 0 Å². The van der Waals surface area contributed by atoms with Gasteiger partial charge in [-0.2, -0.15) is 0 Å². The molecule has 0 radical (unpaired) electrons. The van der Waals surface area contributed by atoms with Crippen molar-refractivity contribution in [3.63, 3.8) is 0 Å². The van der Waals surface area contributed by atoms with Gasteiger partial charge in [0.25, 0.3) is 0 Å². The van der Waals surface area contributed by atoms with Gasteiger partial charge in [0.15, 0.2) is 5.82 Å². The number of aliphatic hydroxyl groups is 1. The van der Waals surface area contributed by atoms with Crippen molar-refractivity contribution in [3.05, 3.63) is 12.3 Å². The van der Waals surface area contributed by atoms with Crippen molar-refractivity contribution in [1.82, 2.24) is 9.24 Å². The number of hydrazine groups is 2. The highest BCUT2D eigenvalue weighted by molar-refractivity contribution is 6.10. The van der Waals surface area contributed by atoms with E-state index in [0.717, 1.165) is 0 Å². The van der Waals surface area contributed by atoms with E-state index in [1.165, 1.54) is 4.68 Å². The summed E-state index contributed by atoms with van der Waals surface area (Å²) in [6.45, 7) is 0.157. The lowest BCUT2D eigenvalue weighted by molar-refractivity contribution is 0.252. The first-order chi connectivity index (χ1) is 10.8. The molecule has 0 saturated carbocycles. The first kappa shape index (κ1) is 16.4. The van der Waals surface area contributed by atoms with Crippen LogP contribution in [0.25, 0.3) is 11.0 Å². The summed E-state index contributed by atoms with van der Waals surface area (Å²) in [6, 6.07) is -0.265. The molecule has 2 aromatic rings. The first-order valence-corrected chi connectivity index (χ1v) is 6.55. The Balaban J connectivity index is 2.85. The van der Waals surface area contributed by atoms with E-state index < -0.39 is 12.1 Å². The van der Waals surface area contributed by atoms with E-state index in [9.17, 15) is 9.59 Å². The molecule has 0 aliphatic rings. The normalized spacial score (nSPS) is 10.8. The smallest absolute Gasteiger partial charge is 0.335 e. The summed E-state index contributed by atoms with van der Waals surface area (Å²) in [5.41, 5.74) is 13.9. The lowest BCUT2D eigenvalue weighted by atomic mass is 10.3. The number of nitrogens with one attached hydrogen (secondary N) is 1. The molecule has 0 aromatic carbocycles. The van der Waals surface area contributed by atoms with Crippen molar-refractivity contribution in [2.24, 2.45) is 23.2 Å². The van der Waals surface area contributed by atoms with Crippen LogP contribution < -0.4 is 38.6 Å². The Morgan fingerprint density at radius 3 is 2.35 bits per heavy atom. The fourth-order valence-corrected chi connectivity index (χ4v) is 2.40. The molecule has 12 heteroatoms. The Kier molecular flexibility index (Phi) is 4.31. The second-order valence-corrected chi connectivity index (χ2v) is 4.62. The molecule has 2 aromatic heterocycles. The summed E-state index contributed by atoms with van der Waals surface area (Å²) in [5, 5.41) is 11.0. The molecule has 0 fully saturated rings. The first-order valence-electron chi connectivity index (χ1n) is 6.55. The Labute approximate surface area is 130 Å². The monoisotopic (exact) mass is 325 g/mol. The molecule has 10 N–H and O–H groups in total. The lowest BCUT2D eigenvalue weighted by Gasteiger charge is -2.22. The number of aromatic nitrogens is 2. The zero-order valence-corrected chi connectivity index (χ0v) is 12.4. The molecular weight excluding hydrogens is 306 g/mol. The van der Waals surface area contributed by atoms with E-state index in [1.807, 2.05) is 0 Å². The number of nitrogens with zero attached hydrogens (tertiary/aromatic N) is 4. The molecule has 0 bridgehead atoms. The van der Waals surface area contributed by atoms with Crippen LogP contribution >= 0.6 is 0 Å². The van der Waals surface area contributed by atoms with Crippen molar-refractivity contribution in [1.29, 1.82) is 0 Å². The number of amides is 4. The average Bonchev–Trinajstić information content (AvgIpc) is 3.03. The van der Waals surface area contributed by atoms with E-state index in [4.69, 9.17) is 28.3 Å². The molecule has 0 atom stereocenters. The quantitative estimate of drug-likeness (QED) is 0.212. The van der Waals surface area contributed by atoms with Gasteiger partial charge in [0.1, 0.15) is 11.3 Å². The number of primary amides is 2. The number of anilines is 2. The van der Waals surface area contributed by atoms with Crippen LogP contribution in [0.3, 0.4) is 0 Å². The number of urea groups is 2. The van der Waals surface area contributed by atoms with Crippen molar-refractivity contribution in [2.45, 2.75) is 6.54 Å². The Morgan fingerprint density at radius 1 is 1.26 bits per heavy atom. The van der Waals surface area contributed by atoms with E-state index >= 15 is 0 Å². The van der Waals surface area contributed by atoms with Gasteiger partial charge in [-0.1, -0.05) is 0 Å². The van der Waals surface area contributed by atoms with E-state index in [2.05, 4.69) is 5.43 Å². The number of nitrogens with two attached hydrogens (primary N) is 4. The second-order valence-electron chi connectivity index (χ2n) is 4.62. The highest BCUT2D eigenvalue weighted by Crippen LogP contribution is 2.38. The van der Waals surface area contributed by atoms with Gasteiger partial charge in [0, 0.05) is 25.2 Å². The highest BCUT2D eigenvalue weighted by atomic mass is 16.3. The van der Waals surface area contributed by atoms with Gasteiger partial charge in [0.2, 0.25) is 0 Å². The van der Waals surface area contributed by atoms with Crippen LogP contribution in [0.5, 0.6) is 0 Å². The molecule has 4 amide bonds. The van der Waals surface area contributed by atoms with Gasteiger partial charge in [-0.15, -0.1) is 0 Å². The topological polar surface area (TPSA) is 187 Å². The minimum absolute atomic E-state index is 0.0265. The third kappa shape index (κ3) is 2.50. The SMILES string of the molecule is CNn1c(N(N)C(N)=O)c(N(N)C(N)=O)c2ccn(CCO)c21. The van der Waals surface area contributed by atoms with Gasteiger partial charge in [-0.05, 0) is 6.07 Å². The van der Waals surface area contributed by atoms with Crippen LogP contribution in [-0.4, -0.2) is 40.1 Å². The Morgan fingerprint density at radius 2 is 1.87 bits per heavy atom. The van der Waals surface area contributed by atoms with Gasteiger partial charge < -0.3 is 26.6 Å². The standard InChI is InChI=1S/C11H19N9O3/c1-16-20-8-6(2-3-17(8)4-5-21)7(18(14)10(12)22)9(20)19(15)11(13)23/h2-3,16,21H,4-5,14-15H2,1H3,(H2,12,22)(H2,13,23). The molecule has 0 aliphatic heterocycles. The maximum Gasteiger partial charge on any atom is 0.335 e. The predicted octanol–water partition coefficient (Wildman–Crippen LogP) is -1.87. The second kappa shape index (κ2) is 6.04. The molecule has 0 saturated heterocycles. The number of carbonyl (C=O) groups excluding carboxylic acids is 2. The summed E-state index contributed by atoms with van der Waals surface area (Å²) in [4.78, 5) is 23.0. The van der Waals surface area contributed by atoms with Crippen molar-refractivity contribution in [3.8, 4) is 0 Å². The molecule has 2 heterocycles. The Bertz CT molecular complexity index is 750. The molecule has 12 nitrogen and oxygen atoms in total. The van der Waals surface area contributed by atoms with E-state index in [0.29, 0.717) is 21.1 Å². The predicted molar refractivity (Wildman–Crippen MR) is 84.8 cm³/mol. The van der Waals surface area contributed by atoms with Crippen molar-refractivity contribution < 1.29 is 14.7 Å². The van der Waals surface area contributed by atoms with Gasteiger partial charge >= 0.3 is 12.1 Å². The zero-order valence-electron chi connectivity index (χ0n) is 12.4. The maximum absolute atomic E-state index is 11.5. The van der Waals surface area contributed by atoms with Crippen LogP contribution in [-0.2, 0) is 6.54 Å². The molecular formula is C11H19N9O3. The average molecular weight is 325 g/mol. The summed E-state index contributed by atoms with van der Waals surface area (Å²) in [5.74, 6) is 11.5.